The summed E-state index contributed by atoms with van der Waals surface area (Å²) in [6.45, 7) is 1.37. The van der Waals surface area contributed by atoms with Gasteiger partial charge in [0.2, 0.25) is 5.96 Å². The van der Waals surface area contributed by atoms with Crippen LogP contribution >= 0.6 is 0 Å². The Morgan fingerprint density at radius 3 is 2.64 bits per heavy atom. The highest BCUT2D eigenvalue weighted by molar-refractivity contribution is 6.20. The Balaban J connectivity index is 1.37. The van der Waals surface area contributed by atoms with Gasteiger partial charge in [0, 0.05) is 30.2 Å². The zero-order chi connectivity index (χ0) is 24.8. The first-order valence-electron chi connectivity index (χ1n) is 11.6. The van der Waals surface area contributed by atoms with E-state index >= 15 is 0 Å². The Hall–Kier alpha value is -4.72. The molecular formula is C28H23N5O3. The molecule has 0 fully saturated rings. The van der Waals surface area contributed by atoms with Gasteiger partial charge in [-0.2, -0.15) is 0 Å². The summed E-state index contributed by atoms with van der Waals surface area (Å²) in [7, 11) is 3.34. The van der Waals surface area contributed by atoms with Gasteiger partial charge in [0.15, 0.2) is 0 Å². The Labute approximate surface area is 207 Å². The molecule has 0 saturated carbocycles. The molecule has 36 heavy (non-hydrogen) atoms. The number of benzene rings is 3. The lowest BCUT2D eigenvalue weighted by atomic mass is 10.0. The summed E-state index contributed by atoms with van der Waals surface area (Å²) in [4.78, 5) is 39.3. The van der Waals surface area contributed by atoms with E-state index in [0.29, 0.717) is 35.0 Å². The lowest BCUT2D eigenvalue weighted by Crippen LogP contribution is -2.48. The first kappa shape index (κ1) is 21.8. The molecule has 0 atom stereocenters. The molecule has 178 valence electrons. The van der Waals surface area contributed by atoms with Crippen LogP contribution in [0.25, 0.3) is 22.2 Å². The topological polar surface area (TPSA) is 87.1 Å². The first-order chi connectivity index (χ1) is 17.5. The van der Waals surface area contributed by atoms with E-state index in [2.05, 4.69) is 10.3 Å². The molecule has 0 unspecified atom stereocenters. The van der Waals surface area contributed by atoms with Crippen molar-refractivity contribution in [1.29, 1.82) is 0 Å². The molecule has 3 aromatic carbocycles. The highest BCUT2D eigenvalue weighted by Gasteiger charge is 2.35. The number of amides is 2. The van der Waals surface area contributed by atoms with Crippen molar-refractivity contribution in [3.63, 3.8) is 0 Å². The van der Waals surface area contributed by atoms with Crippen LogP contribution in [0.4, 0.5) is 11.4 Å². The van der Waals surface area contributed by atoms with E-state index in [1.54, 1.807) is 31.2 Å². The van der Waals surface area contributed by atoms with E-state index < -0.39 is 0 Å². The Morgan fingerprint density at radius 1 is 1.03 bits per heavy atom. The van der Waals surface area contributed by atoms with Gasteiger partial charge in [0.05, 0.1) is 41.7 Å². The van der Waals surface area contributed by atoms with Crippen LogP contribution in [0, 0.1) is 0 Å². The third kappa shape index (κ3) is 3.54. The minimum atomic E-state index is -0.275. The number of aliphatic imine (C=N–C) groups is 1. The fourth-order valence-electron chi connectivity index (χ4n) is 4.71. The molecule has 2 amide bonds. The molecule has 0 spiro atoms. The largest absolute Gasteiger partial charge is 0.497 e. The van der Waals surface area contributed by atoms with Gasteiger partial charge in [0.25, 0.3) is 11.8 Å². The highest BCUT2D eigenvalue weighted by atomic mass is 16.5. The number of para-hydroxylation sites is 1. The molecule has 0 saturated heterocycles. The molecule has 0 bridgehead atoms. The number of methoxy groups -OCH3 is 1. The number of nitrogens with zero attached hydrogens (tertiary/aromatic N) is 4. The maximum absolute atomic E-state index is 13.5. The predicted octanol–water partition coefficient (Wildman–Crippen LogP) is 4.42. The minimum absolute atomic E-state index is 0.144. The van der Waals surface area contributed by atoms with Crippen molar-refractivity contribution in [1.82, 2.24) is 9.88 Å². The Bertz CT molecular complexity index is 1560. The van der Waals surface area contributed by atoms with Crippen LogP contribution in [-0.4, -0.2) is 54.9 Å². The van der Waals surface area contributed by atoms with Crippen molar-refractivity contribution in [3.05, 3.63) is 83.9 Å². The van der Waals surface area contributed by atoms with E-state index in [9.17, 15) is 9.59 Å². The van der Waals surface area contributed by atoms with E-state index in [1.807, 2.05) is 65.6 Å². The Kier molecular flexibility index (Phi) is 5.14. The quantitative estimate of drug-likeness (QED) is 0.470. The van der Waals surface area contributed by atoms with Gasteiger partial charge < -0.3 is 15.0 Å². The third-order valence-corrected chi connectivity index (χ3v) is 6.55. The van der Waals surface area contributed by atoms with Gasteiger partial charge in [-0.1, -0.05) is 18.2 Å². The van der Waals surface area contributed by atoms with Crippen LogP contribution in [0.15, 0.2) is 77.8 Å². The number of carbonyl (C=O) groups excluding carboxylic acids is 2. The normalized spacial score (nSPS) is 14.4. The minimum Gasteiger partial charge on any atom is -0.497 e. The molecule has 6 rings (SSSR count). The molecule has 2 aliphatic rings. The molecule has 1 aromatic heterocycles. The van der Waals surface area contributed by atoms with Crippen molar-refractivity contribution in [3.8, 4) is 17.0 Å². The molecule has 4 aromatic rings. The number of nitrogens with one attached hydrogen (secondary N) is 1. The smallest absolute Gasteiger partial charge is 0.262 e. The first-order valence-corrected chi connectivity index (χ1v) is 11.6. The second-order valence-corrected chi connectivity index (χ2v) is 8.68. The molecule has 0 radical (unpaired) electrons. The second kappa shape index (κ2) is 8.49. The van der Waals surface area contributed by atoms with Gasteiger partial charge in [-0.3, -0.25) is 19.5 Å². The van der Waals surface area contributed by atoms with Crippen molar-refractivity contribution >= 4 is 40.1 Å². The average molecular weight is 478 g/mol. The van der Waals surface area contributed by atoms with Crippen LogP contribution in [-0.2, 0) is 0 Å². The summed E-state index contributed by atoms with van der Waals surface area (Å²) in [5, 5.41) is 3.74. The monoisotopic (exact) mass is 477 g/mol. The van der Waals surface area contributed by atoms with Crippen molar-refractivity contribution in [2.45, 2.75) is 0 Å². The number of anilines is 2. The average Bonchev–Trinajstić information content (AvgIpc) is 3.41. The summed E-state index contributed by atoms with van der Waals surface area (Å²) in [5.41, 5.74) is 4.68. The fourth-order valence-corrected chi connectivity index (χ4v) is 4.71. The van der Waals surface area contributed by atoms with Gasteiger partial charge in [-0.05, 0) is 54.6 Å². The van der Waals surface area contributed by atoms with E-state index in [4.69, 9.17) is 9.72 Å². The van der Waals surface area contributed by atoms with E-state index in [1.165, 1.54) is 0 Å². The number of guanidine groups is 1. The summed E-state index contributed by atoms with van der Waals surface area (Å²) < 4.78 is 5.26. The third-order valence-electron chi connectivity index (χ3n) is 6.55. The predicted molar refractivity (Wildman–Crippen MR) is 140 cm³/mol. The van der Waals surface area contributed by atoms with Gasteiger partial charge in [-0.25, -0.2) is 4.98 Å². The molecule has 8 nitrogen and oxygen atoms in total. The standard InChI is InChI=1S/C28H23N5O3/c1-32-27(35)22-15-18(9-12-25(22)33-14-13-29-28(32)33)30-26(34)21-16-24(17-7-10-19(36-2)11-8-17)31-23-6-4-3-5-20(21)23/h3-12,15-16H,13-14H2,1-2H3,(H,30,34). The highest BCUT2D eigenvalue weighted by Crippen LogP contribution is 2.33. The van der Waals surface area contributed by atoms with E-state index in [0.717, 1.165) is 34.4 Å². The number of hydrogen-bond acceptors (Lipinski definition) is 6. The van der Waals surface area contributed by atoms with Crippen molar-refractivity contribution in [2.75, 3.05) is 37.5 Å². The Morgan fingerprint density at radius 2 is 1.83 bits per heavy atom. The van der Waals surface area contributed by atoms with Crippen LogP contribution in [0.5, 0.6) is 5.75 Å². The molecule has 2 aliphatic heterocycles. The summed E-state index contributed by atoms with van der Waals surface area (Å²) in [6.07, 6.45) is 0. The van der Waals surface area contributed by atoms with Crippen LogP contribution in [0.2, 0.25) is 0 Å². The zero-order valence-electron chi connectivity index (χ0n) is 19.9. The second-order valence-electron chi connectivity index (χ2n) is 8.68. The summed E-state index contributed by atoms with van der Waals surface area (Å²) in [6, 6.07) is 22.3. The number of fused-ring (bicyclic) bond motifs is 4. The van der Waals surface area contributed by atoms with Gasteiger partial charge in [0.1, 0.15) is 5.75 Å². The maximum Gasteiger partial charge on any atom is 0.262 e. The lowest BCUT2D eigenvalue weighted by molar-refractivity contribution is 0.0865. The summed E-state index contributed by atoms with van der Waals surface area (Å²) in [5.74, 6) is 0.994. The van der Waals surface area contributed by atoms with Crippen molar-refractivity contribution < 1.29 is 14.3 Å². The van der Waals surface area contributed by atoms with Crippen LogP contribution < -0.4 is 15.0 Å². The van der Waals surface area contributed by atoms with Crippen molar-refractivity contribution in [2.24, 2.45) is 4.99 Å². The molecule has 1 N–H and O–H groups in total. The lowest BCUT2D eigenvalue weighted by Gasteiger charge is -2.33. The number of carbonyl (C=O) groups is 2. The number of hydrogen-bond donors (Lipinski definition) is 1. The molecule has 3 heterocycles. The van der Waals surface area contributed by atoms with Crippen LogP contribution in [0.1, 0.15) is 20.7 Å². The molecular weight excluding hydrogens is 454 g/mol. The number of pyridine rings is 1. The SMILES string of the molecule is COc1ccc(-c2cc(C(=O)Nc3ccc4c(c3)C(=O)N(C)C3=NCCN34)c3ccccc3n2)cc1. The number of ether oxygens (including phenoxy) is 1. The molecule has 0 aliphatic carbocycles. The van der Waals surface area contributed by atoms with Gasteiger partial charge in [-0.15, -0.1) is 0 Å². The van der Waals surface area contributed by atoms with Crippen LogP contribution in [0.3, 0.4) is 0 Å². The zero-order valence-corrected chi connectivity index (χ0v) is 19.9. The fraction of sp³-hybridized carbons (Fsp3) is 0.143. The molecule has 8 heteroatoms. The number of rotatable bonds is 4. The maximum atomic E-state index is 13.5. The number of aromatic nitrogens is 1. The summed E-state index contributed by atoms with van der Waals surface area (Å²) >= 11 is 0. The van der Waals surface area contributed by atoms with Gasteiger partial charge >= 0.3 is 0 Å². The van der Waals surface area contributed by atoms with E-state index in [-0.39, 0.29) is 11.8 Å².